The Morgan fingerprint density at radius 1 is 0.968 bits per heavy atom. The molecule has 5 nitrogen and oxygen atoms in total. The fourth-order valence-electron chi connectivity index (χ4n) is 4.11. The minimum absolute atomic E-state index is 0.278. The zero-order valence-electron chi connectivity index (χ0n) is 17.3. The lowest BCUT2D eigenvalue weighted by molar-refractivity contribution is -0.00502. The lowest BCUT2D eigenvalue weighted by Gasteiger charge is -2.31. The van der Waals surface area contributed by atoms with E-state index in [0.29, 0.717) is 17.6 Å². The number of nitrogens with one attached hydrogen (secondary N) is 1. The summed E-state index contributed by atoms with van der Waals surface area (Å²) in [5.41, 5.74) is 4.03. The summed E-state index contributed by atoms with van der Waals surface area (Å²) in [5.74, 6) is 0.623. The van der Waals surface area contributed by atoms with Crippen LogP contribution < -0.4 is 0 Å². The molecule has 0 unspecified atom stereocenters. The number of likely N-dealkylation sites (tertiary alicyclic amines) is 1. The van der Waals surface area contributed by atoms with Gasteiger partial charge in [-0.15, -0.1) is 0 Å². The van der Waals surface area contributed by atoms with E-state index >= 15 is 0 Å². The Labute approximate surface area is 187 Å². The van der Waals surface area contributed by atoms with Crippen LogP contribution in [-0.2, 0) is 17.9 Å². The number of nitrogens with zero attached hydrogens (tertiary/aromatic N) is 3. The summed E-state index contributed by atoms with van der Waals surface area (Å²) in [6, 6.07) is 22.5. The van der Waals surface area contributed by atoms with Gasteiger partial charge in [-0.25, -0.2) is 9.97 Å². The van der Waals surface area contributed by atoms with Crippen molar-refractivity contribution < 1.29 is 4.74 Å². The van der Waals surface area contributed by atoms with Gasteiger partial charge in [-0.3, -0.25) is 4.90 Å². The molecule has 0 amide bonds. The summed E-state index contributed by atoms with van der Waals surface area (Å²) in [7, 11) is 0. The molecule has 0 aliphatic carbocycles. The van der Waals surface area contributed by atoms with Crippen molar-refractivity contribution >= 4 is 22.6 Å². The first-order valence-electron chi connectivity index (χ1n) is 10.7. The Balaban J connectivity index is 1.19. The molecule has 0 radical (unpaired) electrons. The third-order valence-corrected chi connectivity index (χ3v) is 6.07. The molecule has 0 spiro atoms. The van der Waals surface area contributed by atoms with Crippen LogP contribution in [0.5, 0.6) is 0 Å². The first-order chi connectivity index (χ1) is 15.2. The van der Waals surface area contributed by atoms with Gasteiger partial charge in [0.2, 0.25) is 0 Å². The zero-order chi connectivity index (χ0) is 21.0. The molecule has 1 fully saturated rings. The highest BCUT2D eigenvalue weighted by molar-refractivity contribution is 6.34. The van der Waals surface area contributed by atoms with Gasteiger partial charge in [0.15, 0.2) is 5.82 Å². The highest BCUT2D eigenvalue weighted by Gasteiger charge is 2.20. The minimum atomic E-state index is 0.278. The molecule has 2 aromatic carbocycles. The number of aromatic amines is 1. The van der Waals surface area contributed by atoms with Gasteiger partial charge in [-0.2, -0.15) is 0 Å². The molecule has 0 atom stereocenters. The summed E-state index contributed by atoms with van der Waals surface area (Å²) >= 11 is 6.44. The van der Waals surface area contributed by atoms with Gasteiger partial charge >= 0.3 is 0 Å². The van der Waals surface area contributed by atoms with Crippen molar-refractivity contribution in [3.8, 4) is 11.4 Å². The molecule has 1 saturated heterocycles. The molecular weight excluding hydrogens is 408 g/mol. The number of halogens is 1. The third kappa shape index (κ3) is 4.79. The summed E-state index contributed by atoms with van der Waals surface area (Å²) in [5, 5.41) is 1.29. The van der Waals surface area contributed by atoms with Gasteiger partial charge in [0, 0.05) is 30.9 Å². The second-order valence-electron chi connectivity index (χ2n) is 8.03. The summed E-state index contributed by atoms with van der Waals surface area (Å²) in [6.07, 6.45) is 2.37. The first-order valence-corrected chi connectivity index (χ1v) is 11.1. The Kier molecular flexibility index (Phi) is 5.98. The van der Waals surface area contributed by atoms with Crippen molar-refractivity contribution in [1.29, 1.82) is 0 Å². The van der Waals surface area contributed by atoms with E-state index in [9.17, 15) is 0 Å². The number of fused-ring (bicyclic) bond motifs is 1. The Morgan fingerprint density at radius 2 is 1.68 bits per heavy atom. The third-order valence-electron chi connectivity index (χ3n) is 5.79. The van der Waals surface area contributed by atoms with Crippen LogP contribution in [0.15, 0.2) is 66.7 Å². The number of ether oxygens (including phenoxy) is 1. The smallest absolute Gasteiger partial charge is 0.163 e. The Hall–Kier alpha value is -2.73. The number of piperidine rings is 1. The second-order valence-corrected chi connectivity index (χ2v) is 8.39. The van der Waals surface area contributed by atoms with Crippen molar-refractivity contribution in [2.45, 2.75) is 32.1 Å². The highest BCUT2D eigenvalue weighted by atomic mass is 35.5. The van der Waals surface area contributed by atoms with E-state index in [1.165, 1.54) is 5.56 Å². The number of aromatic nitrogens is 3. The minimum Gasteiger partial charge on any atom is -0.372 e. The monoisotopic (exact) mass is 432 g/mol. The Bertz CT molecular complexity index is 1140. The van der Waals surface area contributed by atoms with Crippen molar-refractivity contribution in [1.82, 2.24) is 19.9 Å². The maximum atomic E-state index is 6.44. The zero-order valence-corrected chi connectivity index (χ0v) is 18.1. The van der Waals surface area contributed by atoms with E-state index in [4.69, 9.17) is 16.3 Å². The fourth-order valence-corrected chi connectivity index (χ4v) is 4.33. The Morgan fingerprint density at radius 3 is 2.42 bits per heavy atom. The second kappa shape index (κ2) is 9.18. The molecule has 31 heavy (non-hydrogen) atoms. The van der Waals surface area contributed by atoms with E-state index in [-0.39, 0.29) is 6.10 Å². The van der Waals surface area contributed by atoms with E-state index in [2.05, 4.69) is 50.2 Å². The first kappa shape index (κ1) is 20.2. The molecule has 3 heterocycles. The van der Waals surface area contributed by atoms with Gasteiger partial charge in [-0.05, 0) is 24.5 Å². The number of H-pyrrole nitrogens is 1. The topological polar surface area (TPSA) is 54.0 Å². The van der Waals surface area contributed by atoms with Crippen LogP contribution >= 0.6 is 11.6 Å². The van der Waals surface area contributed by atoms with E-state index in [1.54, 1.807) is 0 Å². The number of benzene rings is 2. The van der Waals surface area contributed by atoms with Crippen LogP contribution in [-0.4, -0.2) is 39.0 Å². The number of hydrogen-bond acceptors (Lipinski definition) is 4. The van der Waals surface area contributed by atoms with Gasteiger partial charge < -0.3 is 9.72 Å². The molecule has 5 rings (SSSR count). The molecule has 4 aromatic rings. The van der Waals surface area contributed by atoms with Crippen LogP contribution in [0, 0.1) is 0 Å². The van der Waals surface area contributed by atoms with Crippen molar-refractivity contribution in [2.24, 2.45) is 0 Å². The fraction of sp³-hybridized carbons (Fsp3) is 0.280. The summed E-state index contributed by atoms with van der Waals surface area (Å²) < 4.78 is 6.20. The number of rotatable bonds is 6. The molecule has 1 aliphatic rings. The van der Waals surface area contributed by atoms with Crippen LogP contribution in [0.2, 0.25) is 5.15 Å². The molecule has 6 heteroatoms. The summed E-state index contributed by atoms with van der Waals surface area (Å²) in [6.45, 7) is 3.65. The molecule has 158 valence electrons. The van der Waals surface area contributed by atoms with Crippen molar-refractivity contribution in [3.05, 3.63) is 83.1 Å². The lowest BCUT2D eigenvalue weighted by Crippen LogP contribution is -2.36. The molecular formula is C25H25ClN4O. The molecule has 1 aliphatic heterocycles. The normalized spacial score (nSPS) is 15.5. The average molecular weight is 433 g/mol. The van der Waals surface area contributed by atoms with Crippen molar-refractivity contribution in [3.63, 3.8) is 0 Å². The van der Waals surface area contributed by atoms with Gasteiger partial charge in [0.25, 0.3) is 0 Å². The maximum Gasteiger partial charge on any atom is 0.163 e. The van der Waals surface area contributed by atoms with Crippen LogP contribution in [0.3, 0.4) is 0 Å². The largest absolute Gasteiger partial charge is 0.372 e. The van der Waals surface area contributed by atoms with Crippen molar-refractivity contribution in [2.75, 3.05) is 13.1 Å². The van der Waals surface area contributed by atoms with Crippen LogP contribution in [0.1, 0.15) is 24.1 Å². The molecule has 0 bridgehead atoms. The lowest BCUT2D eigenvalue weighted by atomic mass is 10.1. The van der Waals surface area contributed by atoms with Gasteiger partial charge in [-0.1, -0.05) is 72.3 Å². The quantitative estimate of drug-likeness (QED) is 0.411. The molecule has 0 saturated carbocycles. The van der Waals surface area contributed by atoms with Crippen LogP contribution in [0.25, 0.3) is 22.4 Å². The van der Waals surface area contributed by atoms with Crippen LogP contribution in [0.4, 0.5) is 0 Å². The predicted molar refractivity (Wildman–Crippen MR) is 124 cm³/mol. The van der Waals surface area contributed by atoms with Gasteiger partial charge in [0.05, 0.1) is 18.1 Å². The highest BCUT2D eigenvalue weighted by Crippen LogP contribution is 2.26. The molecule has 2 aromatic heterocycles. The number of hydrogen-bond donors (Lipinski definition) is 1. The summed E-state index contributed by atoms with van der Waals surface area (Å²) in [4.78, 5) is 15.0. The average Bonchev–Trinajstić information content (AvgIpc) is 3.24. The predicted octanol–water partition coefficient (Wildman–Crippen LogP) is 5.46. The maximum absolute atomic E-state index is 6.44. The SMILES string of the molecule is Clc1nc(-c2ccccc2)nc2[nH]c(COC3CCN(Cc4ccccc4)CC3)cc12. The van der Waals surface area contributed by atoms with E-state index in [0.717, 1.165) is 54.8 Å². The van der Waals surface area contributed by atoms with E-state index < -0.39 is 0 Å². The standard InChI is InChI=1S/C25H25ClN4O/c26-23-22-15-20(27-25(22)29-24(28-23)19-9-5-2-6-10-19)17-31-21-11-13-30(14-12-21)16-18-7-3-1-4-8-18/h1-10,15,21H,11-14,16-17H2,(H,27,28,29). The molecule has 1 N–H and O–H groups in total. The van der Waals surface area contributed by atoms with E-state index in [1.807, 2.05) is 36.4 Å². The van der Waals surface area contributed by atoms with Gasteiger partial charge in [0.1, 0.15) is 10.8 Å².